The summed E-state index contributed by atoms with van der Waals surface area (Å²) >= 11 is 3.30. The number of aliphatic carboxylic acids is 1. The number of amides is 2. The Morgan fingerprint density at radius 3 is 2.71 bits per heavy atom. The van der Waals surface area contributed by atoms with E-state index in [0.29, 0.717) is 17.9 Å². The molecule has 116 valence electrons. The van der Waals surface area contributed by atoms with E-state index in [4.69, 9.17) is 9.84 Å². The molecule has 1 atom stereocenters. The van der Waals surface area contributed by atoms with Crippen molar-refractivity contribution in [2.75, 3.05) is 12.4 Å². The molecule has 0 heterocycles. The molecule has 1 unspecified atom stereocenters. The molecular formula is C14H19BrN2O4. The van der Waals surface area contributed by atoms with Crippen LogP contribution in [0.4, 0.5) is 10.5 Å². The van der Waals surface area contributed by atoms with E-state index in [2.05, 4.69) is 26.6 Å². The molecule has 0 radical (unpaired) electrons. The monoisotopic (exact) mass is 358 g/mol. The highest BCUT2D eigenvalue weighted by Gasteiger charge is 2.19. The fourth-order valence-electron chi connectivity index (χ4n) is 1.76. The van der Waals surface area contributed by atoms with Gasteiger partial charge in [-0.1, -0.05) is 35.7 Å². The average Bonchev–Trinajstić information content (AvgIpc) is 2.43. The Morgan fingerprint density at radius 2 is 2.14 bits per heavy atom. The molecule has 6 nitrogen and oxygen atoms in total. The van der Waals surface area contributed by atoms with Crippen LogP contribution < -0.4 is 15.4 Å². The number of ether oxygens (including phenoxy) is 1. The lowest BCUT2D eigenvalue weighted by Gasteiger charge is -2.16. The molecule has 0 saturated heterocycles. The van der Waals surface area contributed by atoms with E-state index in [0.717, 1.165) is 17.3 Å². The van der Waals surface area contributed by atoms with Gasteiger partial charge in [0.1, 0.15) is 11.8 Å². The number of carbonyl (C=O) groups excluding carboxylic acids is 1. The minimum absolute atomic E-state index is 0.398. The number of methoxy groups -OCH3 is 1. The lowest BCUT2D eigenvalue weighted by Crippen LogP contribution is -2.43. The maximum Gasteiger partial charge on any atom is 0.326 e. The van der Waals surface area contributed by atoms with E-state index >= 15 is 0 Å². The maximum absolute atomic E-state index is 11.9. The van der Waals surface area contributed by atoms with Crippen molar-refractivity contribution < 1.29 is 19.4 Å². The van der Waals surface area contributed by atoms with Crippen LogP contribution in [0.3, 0.4) is 0 Å². The smallest absolute Gasteiger partial charge is 0.326 e. The predicted octanol–water partition coefficient (Wildman–Crippen LogP) is 3.22. The Balaban J connectivity index is 2.71. The number of hydrogen-bond donors (Lipinski definition) is 3. The number of carboxylic acids is 1. The molecule has 1 aromatic carbocycles. The Bertz CT molecular complexity index is 508. The van der Waals surface area contributed by atoms with Crippen LogP contribution in [-0.4, -0.2) is 30.3 Å². The van der Waals surface area contributed by atoms with Crippen LogP contribution in [-0.2, 0) is 4.79 Å². The zero-order valence-corrected chi connectivity index (χ0v) is 13.6. The Hall–Kier alpha value is -1.76. The number of carboxylic acid groups (broad SMARTS) is 1. The van der Waals surface area contributed by atoms with E-state index in [1.165, 1.54) is 7.11 Å². The van der Waals surface area contributed by atoms with Gasteiger partial charge in [0.05, 0.1) is 12.8 Å². The van der Waals surface area contributed by atoms with Crippen LogP contribution in [0, 0.1) is 0 Å². The van der Waals surface area contributed by atoms with Gasteiger partial charge >= 0.3 is 12.0 Å². The van der Waals surface area contributed by atoms with Crippen LogP contribution in [0.1, 0.15) is 26.2 Å². The van der Waals surface area contributed by atoms with Crippen molar-refractivity contribution in [3.63, 3.8) is 0 Å². The van der Waals surface area contributed by atoms with Gasteiger partial charge in [-0.2, -0.15) is 0 Å². The summed E-state index contributed by atoms with van der Waals surface area (Å²) in [5.41, 5.74) is 0.462. The summed E-state index contributed by atoms with van der Waals surface area (Å²) in [6, 6.07) is 3.69. The molecular weight excluding hydrogens is 340 g/mol. The predicted molar refractivity (Wildman–Crippen MR) is 83.8 cm³/mol. The van der Waals surface area contributed by atoms with Gasteiger partial charge in [0.2, 0.25) is 0 Å². The number of rotatable bonds is 7. The second kappa shape index (κ2) is 8.51. The van der Waals surface area contributed by atoms with Crippen molar-refractivity contribution in [2.24, 2.45) is 0 Å². The molecule has 0 aliphatic carbocycles. The third-order valence-electron chi connectivity index (χ3n) is 2.86. The number of nitrogens with one attached hydrogen (secondary N) is 2. The molecule has 0 spiro atoms. The zero-order chi connectivity index (χ0) is 15.8. The SMILES string of the molecule is CCCCC(NC(=O)Nc1cc(Br)ccc1OC)C(=O)O. The quantitative estimate of drug-likeness (QED) is 0.698. The zero-order valence-electron chi connectivity index (χ0n) is 12.0. The average molecular weight is 359 g/mol. The molecule has 0 fully saturated rings. The Morgan fingerprint density at radius 1 is 1.43 bits per heavy atom. The first-order chi connectivity index (χ1) is 9.97. The van der Waals surface area contributed by atoms with Gasteiger partial charge in [0.25, 0.3) is 0 Å². The lowest BCUT2D eigenvalue weighted by atomic mass is 10.1. The van der Waals surface area contributed by atoms with Crippen molar-refractivity contribution in [2.45, 2.75) is 32.2 Å². The highest BCUT2D eigenvalue weighted by molar-refractivity contribution is 9.10. The topological polar surface area (TPSA) is 87.7 Å². The molecule has 0 aromatic heterocycles. The van der Waals surface area contributed by atoms with E-state index in [9.17, 15) is 9.59 Å². The van der Waals surface area contributed by atoms with Crippen LogP contribution in [0.2, 0.25) is 0 Å². The minimum atomic E-state index is -1.04. The van der Waals surface area contributed by atoms with Gasteiger partial charge < -0.3 is 20.5 Å². The highest BCUT2D eigenvalue weighted by atomic mass is 79.9. The van der Waals surface area contributed by atoms with Gasteiger partial charge in [0, 0.05) is 4.47 Å². The molecule has 3 N–H and O–H groups in total. The third-order valence-corrected chi connectivity index (χ3v) is 3.35. The lowest BCUT2D eigenvalue weighted by molar-refractivity contribution is -0.139. The van der Waals surface area contributed by atoms with Crippen molar-refractivity contribution in [1.82, 2.24) is 5.32 Å². The number of unbranched alkanes of at least 4 members (excludes halogenated alkanes) is 1. The van der Waals surface area contributed by atoms with Gasteiger partial charge in [-0.3, -0.25) is 0 Å². The molecule has 0 aliphatic heterocycles. The Kier molecular flexibility index (Phi) is 7.01. The second-order valence-electron chi connectivity index (χ2n) is 4.48. The van der Waals surface area contributed by atoms with Crippen LogP contribution in [0.5, 0.6) is 5.75 Å². The largest absolute Gasteiger partial charge is 0.495 e. The number of anilines is 1. The second-order valence-corrected chi connectivity index (χ2v) is 5.39. The molecule has 2 amide bonds. The third kappa shape index (κ3) is 5.63. The van der Waals surface area contributed by atoms with Crippen molar-refractivity contribution in [3.8, 4) is 5.75 Å². The minimum Gasteiger partial charge on any atom is -0.495 e. The molecule has 7 heteroatoms. The fraction of sp³-hybridized carbons (Fsp3) is 0.429. The first-order valence-corrected chi connectivity index (χ1v) is 7.41. The number of benzene rings is 1. The normalized spacial score (nSPS) is 11.6. The van der Waals surface area contributed by atoms with Crippen molar-refractivity contribution in [3.05, 3.63) is 22.7 Å². The van der Waals surface area contributed by atoms with E-state index < -0.39 is 18.0 Å². The van der Waals surface area contributed by atoms with E-state index in [1.54, 1.807) is 18.2 Å². The summed E-state index contributed by atoms with van der Waals surface area (Å²) in [7, 11) is 1.49. The van der Waals surface area contributed by atoms with Gasteiger partial charge in [-0.05, 0) is 24.6 Å². The Labute approximate surface area is 132 Å². The van der Waals surface area contributed by atoms with E-state index in [1.807, 2.05) is 6.92 Å². The van der Waals surface area contributed by atoms with Crippen molar-refractivity contribution in [1.29, 1.82) is 0 Å². The fourth-order valence-corrected chi connectivity index (χ4v) is 2.12. The molecule has 0 aliphatic rings. The standard InChI is InChI=1S/C14H19BrN2O4/c1-3-4-5-10(13(18)19)16-14(20)17-11-8-9(15)6-7-12(11)21-2/h6-8,10H,3-5H2,1-2H3,(H,18,19)(H2,16,17,20). The van der Waals surface area contributed by atoms with Crippen LogP contribution in [0.25, 0.3) is 0 Å². The van der Waals surface area contributed by atoms with Gasteiger partial charge in [-0.25, -0.2) is 9.59 Å². The van der Waals surface area contributed by atoms with E-state index in [-0.39, 0.29) is 0 Å². The van der Waals surface area contributed by atoms with Gasteiger partial charge in [-0.15, -0.1) is 0 Å². The molecule has 1 aromatic rings. The van der Waals surface area contributed by atoms with Gasteiger partial charge in [0.15, 0.2) is 0 Å². The summed E-state index contributed by atoms with van der Waals surface area (Å²) in [6.45, 7) is 1.96. The van der Waals surface area contributed by atoms with Crippen LogP contribution in [0.15, 0.2) is 22.7 Å². The van der Waals surface area contributed by atoms with Crippen molar-refractivity contribution >= 4 is 33.6 Å². The number of hydrogen-bond acceptors (Lipinski definition) is 3. The number of urea groups is 1. The summed E-state index contributed by atoms with van der Waals surface area (Å²) in [5, 5.41) is 14.1. The van der Waals surface area contributed by atoms with Crippen LogP contribution >= 0.6 is 15.9 Å². The molecule has 0 saturated carbocycles. The molecule has 0 bridgehead atoms. The first kappa shape index (κ1) is 17.3. The highest BCUT2D eigenvalue weighted by Crippen LogP contribution is 2.27. The number of halogens is 1. The maximum atomic E-state index is 11.9. The summed E-state index contributed by atoms with van der Waals surface area (Å²) in [4.78, 5) is 23.0. The number of carbonyl (C=O) groups is 2. The first-order valence-electron chi connectivity index (χ1n) is 6.61. The molecule has 1 rings (SSSR count). The molecule has 21 heavy (non-hydrogen) atoms. The summed E-state index contributed by atoms with van der Waals surface area (Å²) in [6.07, 6.45) is 2.00. The summed E-state index contributed by atoms with van der Waals surface area (Å²) in [5.74, 6) is -0.548. The summed E-state index contributed by atoms with van der Waals surface area (Å²) < 4.78 is 5.92.